The first kappa shape index (κ1) is 13.5. The molecule has 1 aromatic rings. The minimum atomic E-state index is -4.30. The van der Waals surface area contributed by atoms with Crippen LogP contribution in [0, 0.1) is 5.92 Å². The van der Waals surface area contributed by atoms with Gasteiger partial charge in [0, 0.05) is 5.92 Å². The predicted molar refractivity (Wildman–Crippen MR) is 58.5 cm³/mol. The molecule has 93 valence electrons. The van der Waals surface area contributed by atoms with E-state index in [0.717, 1.165) is 12.1 Å². The average molecular weight is 244 g/mol. The summed E-state index contributed by atoms with van der Waals surface area (Å²) in [5.74, 6) is 0.155. The molecule has 0 aromatic heterocycles. The fourth-order valence-electron chi connectivity index (χ4n) is 1.04. The number of rotatable bonds is 4. The zero-order valence-corrected chi connectivity index (χ0v) is 9.58. The van der Waals surface area contributed by atoms with Gasteiger partial charge in [-0.15, -0.1) is 0 Å². The largest absolute Gasteiger partial charge is 0.416 e. The van der Waals surface area contributed by atoms with Crippen molar-refractivity contribution in [1.29, 1.82) is 0 Å². The van der Waals surface area contributed by atoms with Crippen molar-refractivity contribution in [3.05, 3.63) is 35.4 Å². The first-order valence-electron chi connectivity index (χ1n) is 5.13. The first-order chi connectivity index (χ1) is 7.89. The molecule has 1 aromatic carbocycles. The van der Waals surface area contributed by atoms with E-state index in [1.165, 1.54) is 12.1 Å². The number of hydrogen-bond acceptors (Lipinski definition) is 2. The Hall–Kier alpha value is -1.52. The minimum absolute atomic E-state index is 0.137. The molecule has 17 heavy (non-hydrogen) atoms. The van der Waals surface area contributed by atoms with E-state index in [4.69, 9.17) is 4.84 Å². The lowest BCUT2D eigenvalue weighted by atomic mass is 10.1. The van der Waals surface area contributed by atoms with Crippen molar-refractivity contribution in [2.24, 2.45) is 11.1 Å². The van der Waals surface area contributed by atoms with Crippen molar-refractivity contribution in [3.63, 3.8) is 0 Å². The molecule has 0 heterocycles. The lowest BCUT2D eigenvalue weighted by Crippen LogP contribution is -2.04. The molecule has 0 aliphatic heterocycles. The van der Waals surface area contributed by atoms with Crippen LogP contribution in [-0.2, 0) is 17.6 Å². The van der Waals surface area contributed by atoms with Gasteiger partial charge in [-0.05, 0) is 17.7 Å². The molecular weight excluding hydrogens is 231 g/mol. The molecule has 0 saturated heterocycles. The Kier molecular flexibility index (Phi) is 4.54. The first-order valence-corrected chi connectivity index (χ1v) is 5.13. The number of hydrogen-bond donors (Lipinski definition) is 0. The van der Waals surface area contributed by atoms with Gasteiger partial charge in [-0.25, -0.2) is 0 Å². The van der Waals surface area contributed by atoms with Crippen LogP contribution in [0.2, 0.25) is 0 Å². The average Bonchev–Trinajstić information content (AvgIpc) is 2.23. The van der Waals surface area contributed by atoms with Crippen LogP contribution in [0.15, 0.2) is 29.4 Å². The highest BCUT2D eigenvalue weighted by Crippen LogP contribution is 2.29. The zero-order valence-electron chi connectivity index (χ0n) is 9.58. The monoisotopic (exact) mass is 244 g/mol. The van der Waals surface area contributed by atoms with Crippen molar-refractivity contribution in [2.75, 3.05) is 0 Å². The Morgan fingerprint density at radius 3 is 2.29 bits per heavy atom. The molecule has 5 heteroatoms. The van der Waals surface area contributed by atoms with E-state index in [0.29, 0.717) is 5.56 Å². The molecule has 1 rings (SSSR count). The van der Waals surface area contributed by atoms with Crippen molar-refractivity contribution in [3.8, 4) is 0 Å². The van der Waals surface area contributed by atoms with Gasteiger partial charge < -0.3 is 4.84 Å². The third-order valence-electron chi connectivity index (χ3n) is 1.89. The summed E-state index contributed by atoms with van der Waals surface area (Å²) in [4.78, 5) is 4.89. The smallest absolute Gasteiger partial charge is 0.391 e. The second kappa shape index (κ2) is 5.70. The normalized spacial score (nSPS) is 12.4. The lowest BCUT2D eigenvalue weighted by molar-refractivity contribution is -0.137. The molecule has 0 saturated carbocycles. The van der Waals surface area contributed by atoms with Crippen LogP contribution in [-0.4, -0.2) is 6.21 Å². The van der Waals surface area contributed by atoms with Gasteiger partial charge in [0.25, 0.3) is 0 Å². The van der Waals surface area contributed by atoms with E-state index in [1.54, 1.807) is 0 Å². The number of benzene rings is 1. The Morgan fingerprint density at radius 2 is 1.82 bits per heavy atom. The van der Waals surface area contributed by atoms with E-state index < -0.39 is 11.7 Å². The molecule has 0 bridgehead atoms. The topological polar surface area (TPSA) is 21.6 Å². The van der Waals surface area contributed by atoms with Crippen molar-refractivity contribution in [2.45, 2.75) is 26.6 Å². The molecule has 0 aliphatic rings. The predicted octanol–water partition coefficient (Wildman–Crippen LogP) is 3.74. The molecule has 1 radical (unpaired) electrons. The van der Waals surface area contributed by atoms with Crippen LogP contribution in [0.3, 0.4) is 0 Å². The van der Waals surface area contributed by atoms with Gasteiger partial charge in [-0.2, -0.15) is 13.2 Å². The molecule has 0 unspecified atom stereocenters. The van der Waals surface area contributed by atoms with Gasteiger partial charge in [0.2, 0.25) is 0 Å². The second-order valence-corrected chi connectivity index (χ2v) is 3.84. The summed E-state index contributed by atoms with van der Waals surface area (Å²) in [6, 6.07) is 4.78. The summed E-state index contributed by atoms with van der Waals surface area (Å²) >= 11 is 0. The van der Waals surface area contributed by atoms with Gasteiger partial charge in [0.1, 0.15) is 12.8 Å². The highest BCUT2D eigenvalue weighted by molar-refractivity contribution is 5.58. The van der Waals surface area contributed by atoms with E-state index in [1.807, 2.05) is 13.8 Å². The van der Waals surface area contributed by atoms with Crippen molar-refractivity contribution >= 4 is 6.21 Å². The molecular formula is C12H13F3NO. The van der Waals surface area contributed by atoms with E-state index in [9.17, 15) is 13.2 Å². The van der Waals surface area contributed by atoms with Crippen LogP contribution in [0.4, 0.5) is 13.2 Å². The summed E-state index contributed by atoms with van der Waals surface area (Å²) < 4.78 is 36.8. The van der Waals surface area contributed by atoms with Crippen molar-refractivity contribution in [1.82, 2.24) is 0 Å². The molecule has 0 N–H and O–H groups in total. The molecule has 0 fully saturated rings. The van der Waals surface area contributed by atoms with Gasteiger partial charge in [-0.1, -0.05) is 31.1 Å². The molecule has 0 atom stereocenters. The van der Waals surface area contributed by atoms with E-state index in [-0.39, 0.29) is 12.5 Å². The van der Waals surface area contributed by atoms with E-state index in [2.05, 4.69) is 11.4 Å². The molecule has 0 amide bonds. The molecule has 2 nitrogen and oxygen atoms in total. The standard InChI is InChI=1S/C12H13F3NO/c1-9(2)7-16-17-8-10-3-5-11(6-4-10)12(13,14)15/h3-6,9H,8H2,1-2H3. The Bertz CT molecular complexity index is 368. The Morgan fingerprint density at radius 1 is 1.24 bits per heavy atom. The number of alkyl halides is 3. The SMILES string of the molecule is CC(C)/[C]=N\OCc1ccc(C(F)(F)F)cc1. The van der Waals surface area contributed by atoms with Crippen LogP contribution in [0.1, 0.15) is 25.0 Å². The number of nitrogens with zero attached hydrogens (tertiary/aromatic N) is 1. The van der Waals surface area contributed by atoms with Crippen LogP contribution in [0.25, 0.3) is 0 Å². The van der Waals surface area contributed by atoms with E-state index >= 15 is 0 Å². The van der Waals surface area contributed by atoms with Gasteiger partial charge in [-0.3, -0.25) is 0 Å². The third kappa shape index (κ3) is 4.89. The second-order valence-electron chi connectivity index (χ2n) is 3.84. The third-order valence-corrected chi connectivity index (χ3v) is 1.89. The highest BCUT2D eigenvalue weighted by atomic mass is 19.4. The molecule has 0 aliphatic carbocycles. The fourth-order valence-corrected chi connectivity index (χ4v) is 1.04. The number of halogens is 3. The van der Waals surface area contributed by atoms with Crippen LogP contribution < -0.4 is 0 Å². The fraction of sp³-hybridized carbons (Fsp3) is 0.417. The highest BCUT2D eigenvalue weighted by Gasteiger charge is 2.29. The zero-order chi connectivity index (χ0) is 12.9. The maximum absolute atomic E-state index is 12.3. The maximum atomic E-state index is 12.3. The summed E-state index contributed by atoms with van der Waals surface area (Å²) in [7, 11) is 0. The van der Waals surface area contributed by atoms with Crippen LogP contribution in [0.5, 0.6) is 0 Å². The maximum Gasteiger partial charge on any atom is 0.416 e. The van der Waals surface area contributed by atoms with Gasteiger partial charge in [0.15, 0.2) is 0 Å². The minimum Gasteiger partial charge on any atom is -0.391 e. The van der Waals surface area contributed by atoms with Gasteiger partial charge >= 0.3 is 6.18 Å². The van der Waals surface area contributed by atoms with Crippen LogP contribution >= 0.6 is 0 Å². The summed E-state index contributed by atoms with van der Waals surface area (Å²) in [6.45, 7) is 3.92. The summed E-state index contributed by atoms with van der Waals surface area (Å²) in [5.41, 5.74) is -0.0363. The lowest BCUT2D eigenvalue weighted by Gasteiger charge is -2.06. The Balaban J connectivity index is 2.52. The Labute approximate surface area is 98.1 Å². The van der Waals surface area contributed by atoms with Crippen molar-refractivity contribution < 1.29 is 18.0 Å². The van der Waals surface area contributed by atoms with Gasteiger partial charge in [0.05, 0.1) is 5.56 Å². The summed E-state index contributed by atoms with van der Waals surface area (Å²) in [5, 5.41) is 3.57. The quantitative estimate of drug-likeness (QED) is 0.584. The molecule has 0 spiro atoms. The summed E-state index contributed by atoms with van der Waals surface area (Å²) in [6.07, 6.45) is -1.63.